The molecule has 1 amide bonds. The number of benzene rings is 1. The van der Waals surface area contributed by atoms with Crippen molar-refractivity contribution in [1.82, 2.24) is 19.2 Å². The first-order valence-corrected chi connectivity index (χ1v) is 9.61. The highest BCUT2D eigenvalue weighted by molar-refractivity contribution is 7.71. The summed E-state index contributed by atoms with van der Waals surface area (Å²) in [5, 5.41) is 4.59. The van der Waals surface area contributed by atoms with Gasteiger partial charge in [0.2, 0.25) is 5.91 Å². The Kier molecular flexibility index (Phi) is 6.21. The van der Waals surface area contributed by atoms with Crippen LogP contribution in [0.5, 0.6) is 0 Å². The quantitative estimate of drug-likeness (QED) is 0.756. The number of nitrogens with two attached hydrogens (primary N) is 1. The van der Waals surface area contributed by atoms with Crippen LogP contribution in [-0.2, 0) is 31.4 Å². The van der Waals surface area contributed by atoms with Gasteiger partial charge in [-0.15, -0.1) is 0 Å². The van der Waals surface area contributed by atoms with Crippen LogP contribution < -0.4 is 5.73 Å². The SMILES string of the molecule is Cn1c(CCC(N)=O)nn(CN2CCC(Cc3ccccc3)CC2)c1=S. The number of amides is 1. The molecule has 7 heteroatoms. The minimum Gasteiger partial charge on any atom is -0.370 e. The van der Waals surface area contributed by atoms with Crippen molar-refractivity contribution in [3.63, 3.8) is 0 Å². The van der Waals surface area contributed by atoms with Gasteiger partial charge in [-0.25, -0.2) is 4.68 Å². The van der Waals surface area contributed by atoms with Crippen LogP contribution in [0.4, 0.5) is 0 Å². The number of rotatable bonds is 7. The number of nitrogens with zero attached hydrogens (tertiary/aromatic N) is 4. The Morgan fingerprint density at radius 2 is 1.96 bits per heavy atom. The second kappa shape index (κ2) is 8.60. The maximum absolute atomic E-state index is 11.0. The molecule has 6 nitrogen and oxygen atoms in total. The molecule has 0 atom stereocenters. The summed E-state index contributed by atoms with van der Waals surface area (Å²) in [7, 11) is 1.90. The zero-order valence-corrected chi connectivity index (χ0v) is 16.1. The van der Waals surface area contributed by atoms with Gasteiger partial charge in [0.25, 0.3) is 0 Å². The van der Waals surface area contributed by atoms with Crippen molar-refractivity contribution < 1.29 is 4.79 Å². The molecule has 140 valence electrons. The van der Waals surface area contributed by atoms with E-state index in [-0.39, 0.29) is 5.91 Å². The van der Waals surface area contributed by atoms with Gasteiger partial charge in [0.15, 0.2) is 4.77 Å². The van der Waals surface area contributed by atoms with Crippen LogP contribution in [0.1, 0.15) is 30.7 Å². The summed E-state index contributed by atoms with van der Waals surface area (Å²) in [6.45, 7) is 2.83. The highest BCUT2D eigenvalue weighted by Gasteiger charge is 2.20. The second-order valence-electron chi connectivity index (χ2n) is 7.12. The van der Waals surface area contributed by atoms with Crippen molar-refractivity contribution in [3.8, 4) is 0 Å². The highest BCUT2D eigenvalue weighted by Crippen LogP contribution is 2.22. The molecule has 0 unspecified atom stereocenters. The van der Waals surface area contributed by atoms with E-state index in [4.69, 9.17) is 18.0 Å². The molecule has 1 aromatic carbocycles. The number of primary amides is 1. The summed E-state index contributed by atoms with van der Waals surface area (Å²) >= 11 is 5.49. The molecule has 2 heterocycles. The molecule has 3 rings (SSSR count). The molecule has 2 N–H and O–H groups in total. The molecular formula is C19H27N5OS. The molecule has 0 saturated carbocycles. The van der Waals surface area contributed by atoms with Crippen molar-refractivity contribution in [2.24, 2.45) is 18.7 Å². The topological polar surface area (TPSA) is 69.1 Å². The van der Waals surface area contributed by atoms with Crippen molar-refractivity contribution in [3.05, 3.63) is 46.5 Å². The first kappa shape index (κ1) is 18.8. The second-order valence-corrected chi connectivity index (χ2v) is 7.48. The lowest BCUT2D eigenvalue weighted by atomic mass is 9.90. The largest absolute Gasteiger partial charge is 0.370 e. The number of piperidine rings is 1. The van der Waals surface area contributed by atoms with Gasteiger partial charge in [-0.2, -0.15) is 5.10 Å². The van der Waals surface area contributed by atoms with E-state index in [1.807, 2.05) is 16.3 Å². The van der Waals surface area contributed by atoms with E-state index >= 15 is 0 Å². The number of carbonyl (C=O) groups excluding carboxylic acids is 1. The van der Waals surface area contributed by atoms with Gasteiger partial charge >= 0.3 is 0 Å². The molecule has 26 heavy (non-hydrogen) atoms. The number of aryl methyl sites for hydroxylation is 1. The zero-order valence-electron chi connectivity index (χ0n) is 15.3. The first-order valence-electron chi connectivity index (χ1n) is 9.20. The lowest BCUT2D eigenvalue weighted by molar-refractivity contribution is -0.118. The van der Waals surface area contributed by atoms with Gasteiger partial charge in [-0.05, 0) is 43.0 Å². The first-order chi connectivity index (χ1) is 12.5. The smallest absolute Gasteiger partial charge is 0.217 e. The van der Waals surface area contributed by atoms with Crippen molar-refractivity contribution in [2.75, 3.05) is 13.1 Å². The van der Waals surface area contributed by atoms with Gasteiger partial charge in [0.05, 0.1) is 6.67 Å². The van der Waals surface area contributed by atoms with Crippen LogP contribution in [0.15, 0.2) is 30.3 Å². The lowest BCUT2D eigenvalue weighted by Crippen LogP contribution is -2.36. The third-order valence-corrected chi connectivity index (χ3v) is 5.62. The average molecular weight is 374 g/mol. The molecule has 0 radical (unpaired) electrons. The van der Waals surface area contributed by atoms with Gasteiger partial charge < -0.3 is 10.3 Å². The molecule has 0 bridgehead atoms. The zero-order chi connectivity index (χ0) is 18.5. The highest BCUT2D eigenvalue weighted by atomic mass is 32.1. The van der Waals surface area contributed by atoms with Crippen LogP contribution in [0, 0.1) is 10.7 Å². The summed E-state index contributed by atoms with van der Waals surface area (Å²) in [4.78, 5) is 13.4. The van der Waals surface area contributed by atoms with E-state index in [1.54, 1.807) is 0 Å². The van der Waals surface area contributed by atoms with Crippen LogP contribution in [0.25, 0.3) is 0 Å². The summed E-state index contributed by atoms with van der Waals surface area (Å²) in [5.41, 5.74) is 6.66. The summed E-state index contributed by atoms with van der Waals surface area (Å²) in [6.07, 6.45) is 4.38. The summed E-state index contributed by atoms with van der Waals surface area (Å²) in [6, 6.07) is 10.7. The average Bonchev–Trinajstić information content (AvgIpc) is 2.90. The number of hydrogen-bond acceptors (Lipinski definition) is 4. The predicted molar refractivity (Wildman–Crippen MR) is 104 cm³/mol. The van der Waals surface area contributed by atoms with Gasteiger partial charge in [0.1, 0.15) is 5.82 Å². The van der Waals surface area contributed by atoms with E-state index in [1.165, 1.54) is 18.4 Å². The van der Waals surface area contributed by atoms with E-state index in [2.05, 4.69) is 40.3 Å². The molecule has 0 aliphatic carbocycles. The summed E-state index contributed by atoms with van der Waals surface area (Å²) in [5.74, 6) is 1.25. The van der Waals surface area contributed by atoms with Crippen molar-refractivity contribution >= 4 is 18.1 Å². The number of aromatic nitrogens is 3. The van der Waals surface area contributed by atoms with E-state index < -0.39 is 0 Å². The Bertz CT molecular complexity index is 790. The minimum absolute atomic E-state index is 0.296. The normalized spacial score (nSPS) is 16.0. The lowest BCUT2D eigenvalue weighted by Gasteiger charge is -2.31. The maximum Gasteiger partial charge on any atom is 0.217 e. The molecular weight excluding hydrogens is 346 g/mol. The van der Waals surface area contributed by atoms with E-state index in [0.717, 1.165) is 31.3 Å². The van der Waals surface area contributed by atoms with Crippen molar-refractivity contribution in [1.29, 1.82) is 0 Å². The van der Waals surface area contributed by atoms with E-state index in [9.17, 15) is 4.79 Å². The predicted octanol–water partition coefficient (Wildman–Crippen LogP) is 2.28. The Hall–Kier alpha value is -1.99. The Morgan fingerprint density at radius 3 is 2.62 bits per heavy atom. The Balaban J connectivity index is 1.53. The third kappa shape index (κ3) is 4.80. The molecule has 1 aliphatic rings. The molecule has 2 aromatic rings. The Morgan fingerprint density at radius 1 is 1.27 bits per heavy atom. The van der Waals surface area contributed by atoms with Crippen LogP contribution >= 0.6 is 12.2 Å². The molecule has 1 saturated heterocycles. The Labute approximate surface area is 159 Å². The minimum atomic E-state index is -0.314. The fourth-order valence-electron chi connectivity index (χ4n) is 3.55. The molecule has 0 spiro atoms. The maximum atomic E-state index is 11.0. The van der Waals surface area contributed by atoms with Gasteiger partial charge in [-0.3, -0.25) is 9.69 Å². The van der Waals surface area contributed by atoms with Crippen LogP contribution in [0.2, 0.25) is 0 Å². The third-order valence-electron chi connectivity index (χ3n) is 5.13. The van der Waals surface area contributed by atoms with Crippen molar-refractivity contribution in [2.45, 2.75) is 38.8 Å². The number of hydrogen-bond donors (Lipinski definition) is 1. The van der Waals surface area contributed by atoms with E-state index in [0.29, 0.717) is 24.3 Å². The number of carbonyl (C=O) groups is 1. The summed E-state index contributed by atoms with van der Waals surface area (Å²) < 4.78 is 4.43. The fourth-order valence-corrected chi connectivity index (χ4v) is 3.75. The monoisotopic (exact) mass is 373 g/mol. The number of likely N-dealkylation sites (tertiary alicyclic amines) is 1. The van der Waals surface area contributed by atoms with Gasteiger partial charge in [0, 0.05) is 33.0 Å². The molecule has 1 aromatic heterocycles. The fraction of sp³-hybridized carbons (Fsp3) is 0.526. The van der Waals surface area contributed by atoms with Crippen LogP contribution in [-0.4, -0.2) is 38.2 Å². The molecule has 1 aliphatic heterocycles. The van der Waals surface area contributed by atoms with Gasteiger partial charge in [-0.1, -0.05) is 30.3 Å². The molecule has 1 fully saturated rings. The van der Waals surface area contributed by atoms with Crippen LogP contribution in [0.3, 0.4) is 0 Å². The standard InChI is InChI=1S/C19H27N5OS/c1-22-18(8-7-17(20)25)21-24(19(22)26)14-23-11-9-16(10-12-23)13-15-5-3-2-4-6-15/h2-6,16H,7-14H2,1H3,(H2,20,25).